The summed E-state index contributed by atoms with van der Waals surface area (Å²) in [6.45, 7) is 8.12. The van der Waals surface area contributed by atoms with Crippen LogP contribution in [0.2, 0.25) is 0 Å². The van der Waals surface area contributed by atoms with Gasteiger partial charge in [-0.15, -0.1) is 0 Å². The van der Waals surface area contributed by atoms with Crippen LogP contribution in [0.5, 0.6) is 0 Å². The molecule has 0 amide bonds. The van der Waals surface area contributed by atoms with Gasteiger partial charge in [-0.3, -0.25) is 0 Å². The van der Waals surface area contributed by atoms with Crippen molar-refractivity contribution in [2.45, 2.75) is 37.6 Å². The summed E-state index contributed by atoms with van der Waals surface area (Å²) in [5.41, 5.74) is -2.05. The summed E-state index contributed by atoms with van der Waals surface area (Å²) in [7, 11) is 0. The summed E-state index contributed by atoms with van der Waals surface area (Å²) >= 11 is -0.0815. The Morgan fingerprint density at radius 1 is 1.24 bits per heavy atom. The van der Waals surface area contributed by atoms with Gasteiger partial charge in [0.2, 0.25) is 0 Å². The van der Waals surface area contributed by atoms with E-state index in [1.165, 1.54) is 17.7 Å². The van der Waals surface area contributed by atoms with Gasteiger partial charge in [-0.05, 0) is 48.3 Å². The van der Waals surface area contributed by atoms with Gasteiger partial charge < -0.3 is 5.32 Å². The minimum atomic E-state index is -4.23. The van der Waals surface area contributed by atoms with Crippen molar-refractivity contribution < 1.29 is 13.2 Å². The molecule has 0 saturated heterocycles. The fourth-order valence-corrected chi connectivity index (χ4v) is 2.35. The third-order valence-corrected chi connectivity index (χ3v) is 3.70. The molecule has 0 fully saturated rings. The second kappa shape index (κ2) is 8.49. The molecule has 0 radical (unpaired) electrons. The van der Waals surface area contributed by atoms with E-state index in [4.69, 9.17) is 0 Å². The summed E-state index contributed by atoms with van der Waals surface area (Å²) in [5, 5.41) is 3.36. The molecule has 0 aliphatic heterocycles. The summed E-state index contributed by atoms with van der Waals surface area (Å²) in [4.78, 5) is 0.217. The molecule has 1 rings (SSSR count). The highest BCUT2D eigenvalue weighted by Gasteiger charge is 2.28. The Morgan fingerprint density at radius 3 is 2.33 bits per heavy atom. The van der Waals surface area contributed by atoms with Crippen LogP contribution in [0.3, 0.4) is 0 Å². The summed E-state index contributed by atoms with van der Waals surface area (Å²) < 4.78 is 36.8. The molecule has 0 saturated carbocycles. The summed E-state index contributed by atoms with van der Waals surface area (Å²) in [6, 6.07) is 6.50. The molecule has 1 N–H and O–H groups in total. The van der Waals surface area contributed by atoms with Crippen LogP contribution in [0, 0.1) is 5.92 Å². The molecule has 5 heteroatoms. The minimum absolute atomic E-state index is 0.0815. The molecule has 0 aliphatic carbocycles. The largest absolute Gasteiger partial charge is 0.446 e. The molecule has 21 heavy (non-hydrogen) atoms. The monoisotopic (exact) mass is 317 g/mol. The molecule has 118 valence electrons. The Kier molecular flexibility index (Phi) is 7.32. The van der Waals surface area contributed by atoms with Gasteiger partial charge in [0.1, 0.15) is 0 Å². The average Bonchev–Trinajstić information content (AvgIpc) is 2.38. The van der Waals surface area contributed by atoms with Crippen LogP contribution in [0.15, 0.2) is 34.7 Å². The highest BCUT2D eigenvalue weighted by molar-refractivity contribution is 8.00. The first kappa shape index (κ1) is 18.1. The maximum atomic E-state index is 12.3. The van der Waals surface area contributed by atoms with Crippen molar-refractivity contribution in [3.05, 3.63) is 35.4 Å². The van der Waals surface area contributed by atoms with E-state index in [1.807, 2.05) is 0 Å². The summed E-state index contributed by atoms with van der Waals surface area (Å²) in [5.74, 6) is 0.401. The molecule has 0 aliphatic rings. The predicted octanol–water partition coefficient (Wildman–Crippen LogP) is 5.34. The van der Waals surface area contributed by atoms with Gasteiger partial charge in [-0.1, -0.05) is 44.6 Å². The van der Waals surface area contributed by atoms with Crippen LogP contribution in [0.4, 0.5) is 13.2 Å². The van der Waals surface area contributed by atoms with Crippen LogP contribution < -0.4 is 5.32 Å². The van der Waals surface area contributed by atoms with Crippen LogP contribution in [-0.4, -0.2) is 18.6 Å². The second-order valence-corrected chi connectivity index (χ2v) is 6.31. The van der Waals surface area contributed by atoms with Gasteiger partial charge in [0, 0.05) is 11.4 Å². The zero-order valence-electron chi connectivity index (χ0n) is 12.6. The third kappa shape index (κ3) is 7.58. The first-order valence-corrected chi connectivity index (χ1v) is 7.90. The van der Waals surface area contributed by atoms with Crippen molar-refractivity contribution in [3.8, 4) is 0 Å². The van der Waals surface area contributed by atoms with Crippen LogP contribution >= 0.6 is 11.8 Å². The Balaban J connectivity index is 2.76. The van der Waals surface area contributed by atoms with Crippen molar-refractivity contribution in [1.29, 1.82) is 0 Å². The van der Waals surface area contributed by atoms with E-state index < -0.39 is 5.51 Å². The lowest BCUT2D eigenvalue weighted by molar-refractivity contribution is -0.0328. The lowest BCUT2D eigenvalue weighted by Gasteiger charge is -2.13. The number of nitrogens with one attached hydrogen (secondary N) is 1. The van der Waals surface area contributed by atoms with E-state index >= 15 is 0 Å². The molecular formula is C16H22F3NS. The fourth-order valence-electron chi connectivity index (χ4n) is 1.81. The van der Waals surface area contributed by atoms with Crippen LogP contribution in [0.25, 0.3) is 6.08 Å². The van der Waals surface area contributed by atoms with Crippen molar-refractivity contribution >= 4 is 17.8 Å². The number of hydrogen-bond donors (Lipinski definition) is 1. The van der Waals surface area contributed by atoms with E-state index in [0.29, 0.717) is 5.92 Å². The molecule has 1 nitrogen and oxygen atoms in total. The second-order valence-electron chi connectivity index (χ2n) is 5.17. The van der Waals surface area contributed by atoms with Gasteiger partial charge in [0.25, 0.3) is 0 Å². The minimum Gasteiger partial charge on any atom is -0.313 e. The quantitative estimate of drug-likeness (QED) is 0.538. The van der Waals surface area contributed by atoms with Gasteiger partial charge >= 0.3 is 5.51 Å². The fraction of sp³-hybridized carbons (Fsp3) is 0.500. The van der Waals surface area contributed by atoms with E-state index in [2.05, 4.69) is 32.2 Å². The molecule has 0 unspecified atom stereocenters. The molecule has 1 aromatic carbocycles. The highest BCUT2D eigenvalue weighted by Crippen LogP contribution is 2.36. The Morgan fingerprint density at radius 2 is 1.86 bits per heavy atom. The Hall–Kier alpha value is -0.940. The topological polar surface area (TPSA) is 12.0 Å². The molecule has 0 bridgehead atoms. The number of thioether (sulfide) groups is 1. The lowest BCUT2D eigenvalue weighted by atomic mass is 10.0. The summed E-state index contributed by atoms with van der Waals surface area (Å²) in [6.07, 6.45) is 3.13. The van der Waals surface area contributed by atoms with E-state index in [-0.39, 0.29) is 16.7 Å². The molecular weight excluding hydrogens is 295 g/mol. The number of alkyl halides is 3. The predicted molar refractivity (Wildman–Crippen MR) is 84.3 cm³/mol. The number of benzene rings is 1. The van der Waals surface area contributed by atoms with Gasteiger partial charge in [-0.25, -0.2) is 0 Å². The molecule has 0 spiro atoms. The van der Waals surface area contributed by atoms with Gasteiger partial charge in [-0.2, -0.15) is 13.2 Å². The molecule has 0 atom stereocenters. The normalized spacial score (nSPS) is 13.0. The smallest absolute Gasteiger partial charge is 0.313 e. The van der Waals surface area contributed by atoms with E-state index in [9.17, 15) is 13.2 Å². The Labute approximate surface area is 129 Å². The standard InChI is InChI=1S/C16H22F3NS/c1-4-9-20-11-14(12(2)3)10-13-5-7-15(8-6-13)21-16(17,18)19/h5-8,10,12,20H,4,9,11H2,1-3H3. The SMILES string of the molecule is CCCNCC(=Cc1ccc(SC(F)(F)F)cc1)C(C)C. The van der Waals surface area contributed by atoms with Crippen LogP contribution in [-0.2, 0) is 0 Å². The Bertz CT molecular complexity index is 450. The van der Waals surface area contributed by atoms with Gasteiger partial charge in [0.15, 0.2) is 0 Å². The van der Waals surface area contributed by atoms with Crippen molar-refractivity contribution in [3.63, 3.8) is 0 Å². The molecule has 0 heterocycles. The third-order valence-electron chi connectivity index (χ3n) is 2.96. The first-order chi connectivity index (χ1) is 9.81. The maximum Gasteiger partial charge on any atom is 0.446 e. The van der Waals surface area contributed by atoms with Crippen molar-refractivity contribution in [2.24, 2.45) is 5.92 Å². The van der Waals surface area contributed by atoms with Crippen molar-refractivity contribution in [2.75, 3.05) is 13.1 Å². The van der Waals surface area contributed by atoms with Gasteiger partial charge in [0.05, 0.1) is 0 Å². The van der Waals surface area contributed by atoms with E-state index in [0.717, 1.165) is 25.1 Å². The number of hydrogen-bond acceptors (Lipinski definition) is 2. The average molecular weight is 317 g/mol. The van der Waals surface area contributed by atoms with Crippen molar-refractivity contribution in [1.82, 2.24) is 5.32 Å². The van der Waals surface area contributed by atoms with E-state index in [1.54, 1.807) is 12.1 Å². The first-order valence-electron chi connectivity index (χ1n) is 7.09. The zero-order valence-corrected chi connectivity index (χ0v) is 13.4. The number of rotatable bonds is 7. The maximum absolute atomic E-state index is 12.3. The number of halogens is 3. The lowest BCUT2D eigenvalue weighted by Crippen LogP contribution is -2.19. The highest BCUT2D eigenvalue weighted by atomic mass is 32.2. The molecule has 0 aromatic heterocycles. The zero-order chi connectivity index (χ0) is 15.9. The van der Waals surface area contributed by atoms with Crippen LogP contribution in [0.1, 0.15) is 32.8 Å². The molecule has 1 aromatic rings.